The average molecular weight is 292 g/mol. The summed E-state index contributed by atoms with van der Waals surface area (Å²) in [6.07, 6.45) is 0. The topological polar surface area (TPSA) is 31.2 Å². The fourth-order valence-electron chi connectivity index (χ4n) is 2.36. The van der Waals surface area contributed by atoms with Gasteiger partial charge in [-0.05, 0) is 51.1 Å². The second-order valence-corrected chi connectivity index (χ2v) is 5.45. The molecule has 2 rings (SSSR count). The van der Waals surface area contributed by atoms with Gasteiger partial charge in [0.15, 0.2) is 5.78 Å². The fraction of sp³-hybridized carbons (Fsp3) is 0.312. The highest BCUT2D eigenvalue weighted by Gasteiger charge is 2.19. The molecule has 0 amide bonds. The Morgan fingerprint density at radius 3 is 2.35 bits per heavy atom. The van der Waals surface area contributed by atoms with Gasteiger partial charge in [0, 0.05) is 22.6 Å². The summed E-state index contributed by atoms with van der Waals surface area (Å²) >= 11 is 5.91. The highest BCUT2D eigenvalue weighted by atomic mass is 35.5. The second-order valence-electron chi connectivity index (χ2n) is 4.80. The number of rotatable bonds is 4. The van der Waals surface area contributed by atoms with E-state index in [0.29, 0.717) is 5.56 Å². The normalized spacial score (nSPS) is 12.2. The van der Waals surface area contributed by atoms with E-state index in [1.807, 2.05) is 48.7 Å². The Bertz CT molecular complexity index is 627. The first-order valence-corrected chi connectivity index (χ1v) is 6.91. The van der Waals surface area contributed by atoms with Crippen LogP contribution in [0.5, 0.6) is 5.75 Å². The Hall–Kier alpha value is -1.74. The van der Waals surface area contributed by atoms with Crippen molar-refractivity contribution in [2.45, 2.75) is 26.1 Å². The lowest BCUT2D eigenvalue weighted by molar-refractivity contribution is 0.0991. The molecule has 1 atom stereocenters. The number of benzene rings is 1. The molecule has 106 valence electrons. The van der Waals surface area contributed by atoms with Crippen molar-refractivity contribution in [3.8, 4) is 11.4 Å². The molecule has 1 heterocycles. The second kappa shape index (κ2) is 5.71. The van der Waals surface area contributed by atoms with Crippen LogP contribution < -0.4 is 4.74 Å². The molecule has 0 fully saturated rings. The highest BCUT2D eigenvalue weighted by Crippen LogP contribution is 2.24. The number of nitrogens with zero attached hydrogens (tertiary/aromatic N) is 1. The van der Waals surface area contributed by atoms with Gasteiger partial charge in [0.05, 0.1) is 12.5 Å². The lowest BCUT2D eigenvalue weighted by atomic mass is 10.1. The van der Waals surface area contributed by atoms with Crippen molar-refractivity contribution in [3.05, 3.63) is 47.3 Å². The number of hydrogen-bond donors (Lipinski definition) is 0. The monoisotopic (exact) mass is 291 g/mol. The zero-order chi connectivity index (χ0) is 14.9. The van der Waals surface area contributed by atoms with E-state index in [1.165, 1.54) is 0 Å². The third kappa shape index (κ3) is 2.59. The number of aryl methyl sites for hydroxylation is 1. The van der Waals surface area contributed by atoms with Crippen molar-refractivity contribution < 1.29 is 9.53 Å². The molecule has 1 aromatic heterocycles. The maximum absolute atomic E-state index is 12.1. The van der Waals surface area contributed by atoms with Gasteiger partial charge in [-0.3, -0.25) is 4.79 Å². The summed E-state index contributed by atoms with van der Waals surface area (Å²) in [6, 6.07) is 9.63. The van der Waals surface area contributed by atoms with Gasteiger partial charge in [-0.1, -0.05) is 0 Å². The van der Waals surface area contributed by atoms with Crippen molar-refractivity contribution in [2.24, 2.45) is 0 Å². The smallest absolute Gasteiger partial charge is 0.182 e. The van der Waals surface area contributed by atoms with Crippen LogP contribution in [0.4, 0.5) is 0 Å². The van der Waals surface area contributed by atoms with E-state index < -0.39 is 5.38 Å². The van der Waals surface area contributed by atoms with E-state index in [1.54, 1.807) is 14.0 Å². The SMILES string of the molecule is COc1ccc(-n2c(C)cc(C(=O)C(C)Cl)c2C)cc1. The maximum Gasteiger partial charge on any atom is 0.182 e. The predicted octanol–water partition coefficient (Wildman–Crippen LogP) is 3.91. The minimum absolute atomic E-state index is 0.0421. The zero-order valence-electron chi connectivity index (χ0n) is 12.1. The minimum Gasteiger partial charge on any atom is -0.497 e. The first-order chi connectivity index (χ1) is 9.45. The molecule has 3 nitrogen and oxygen atoms in total. The number of carbonyl (C=O) groups excluding carboxylic acids is 1. The van der Waals surface area contributed by atoms with Gasteiger partial charge in [-0.15, -0.1) is 11.6 Å². The Balaban J connectivity index is 2.49. The number of aromatic nitrogens is 1. The summed E-state index contributed by atoms with van der Waals surface area (Å²) in [5, 5.41) is -0.514. The lowest BCUT2D eigenvalue weighted by Gasteiger charge is -2.11. The summed E-state index contributed by atoms with van der Waals surface area (Å²) in [4.78, 5) is 12.1. The zero-order valence-corrected chi connectivity index (χ0v) is 12.9. The number of ketones is 1. The van der Waals surface area contributed by atoms with E-state index in [4.69, 9.17) is 16.3 Å². The van der Waals surface area contributed by atoms with Crippen LogP contribution in [-0.2, 0) is 0 Å². The predicted molar refractivity (Wildman–Crippen MR) is 81.4 cm³/mol. The molecule has 0 aliphatic rings. The Kier molecular flexibility index (Phi) is 4.19. The van der Waals surface area contributed by atoms with Crippen molar-refractivity contribution in [1.29, 1.82) is 0 Å². The number of alkyl halides is 1. The van der Waals surface area contributed by atoms with Crippen LogP contribution in [0.15, 0.2) is 30.3 Å². The van der Waals surface area contributed by atoms with Crippen molar-refractivity contribution in [2.75, 3.05) is 7.11 Å². The number of methoxy groups -OCH3 is 1. The van der Waals surface area contributed by atoms with Crippen molar-refractivity contribution in [1.82, 2.24) is 4.57 Å². The molecule has 0 aliphatic heterocycles. The van der Waals surface area contributed by atoms with Crippen molar-refractivity contribution in [3.63, 3.8) is 0 Å². The van der Waals surface area contributed by atoms with Crippen molar-refractivity contribution >= 4 is 17.4 Å². The quantitative estimate of drug-likeness (QED) is 0.632. The Morgan fingerprint density at radius 1 is 1.25 bits per heavy atom. The number of Topliss-reactive ketones (excluding diaryl/α,β-unsaturated/α-hetero) is 1. The number of carbonyl (C=O) groups is 1. The molecule has 4 heteroatoms. The molecule has 0 spiro atoms. The molecule has 20 heavy (non-hydrogen) atoms. The molecule has 0 saturated heterocycles. The Labute approximate surface area is 124 Å². The van der Waals surface area contributed by atoms with E-state index in [9.17, 15) is 4.79 Å². The highest BCUT2D eigenvalue weighted by molar-refractivity contribution is 6.33. The van der Waals surface area contributed by atoms with Crippen LogP contribution in [-0.4, -0.2) is 22.8 Å². The molecule has 0 bridgehead atoms. The van der Waals surface area contributed by atoms with Crippen LogP contribution >= 0.6 is 11.6 Å². The van der Waals surface area contributed by atoms with Gasteiger partial charge in [0.25, 0.3) is 0 Å². The molecule has 1 aromatic carbocycles. The number of halogens is 1. The first kappa shape index (κ1) is 14.7. The van der Waals surface area contributed by atoms with E-state index in [-0.39, 0.29) is 5.78 Å². The van der Waals surface area contributed by atoms with Gasteiger partial charge < -0.3 is 9.30 Å². The van der Waals surface area contributed by atoms with E-state index >= 15 is 0 Å². The maximum atomic E-state index is 12.1. The van der Waals surface area contributed by atoms with Gasteiger partial charge in [0.1, 0.15) is 5.75 Å². The molecular weight excluding hydrogens is 274 g/mol. The summed E-state index contributed by atoms with van der Waals surface area (Å²) in [5.41, 5.74) is 3.60. The Morgan fingerprint density at radius 2 is 1.85 bits per heavy atom. The summed E-state index contributed by atoms with van der Waals surface area (Å²) in [7, 11) is 1.64. The van der Waals surface area contributed by atoms with E-state index in [0.717, 1.165) is 22.8 Å². The number of hydrogen-bond acceptors (Lipinski definition) is 2. The van der Waals surface area contributed by atoms with E-state index in [2.05, 4.69) is 0 Å². The lowest BCUT2D eigenvalue weighted by Crippen LogP contribution is -2.11. The summed E-state index contributed by atoms with van der Waals surface area (Å²) in [5.74, 6) is 0.765. The molecular formula is C16H18ClNO2. The van der Waals surface area contributed by atoms with Gasteiger partial charge >= 0.3 is 0 Å². The molecule has 1 unspecified atom stereocenters. The average Bonchev–Trinajstić information content (AvgIpc) is 2.73. The van der Waals surface area contributed by atoms with Gasteiger partial charge in [0.2, 0.25) is 0 Å². The van der Waals surface area contributed by atoms with Gasteiger partial charge in [-0.25, -0.2) is 0 Å². The summed E-state index contributed by atoms with van der Waals surface area (Å²) < 4.78 is 7.21. The van der Waals surface area contributed by atoms with Crippen LogP contribution in [0, 0.1) is 13.8 Å². The molecule has 0 aliphatic carbocycles. The van der Waals surface area contributed by atoms with Crippen LogP contribution in [0.25, 0.3) is 5.69 Å². The molecule has 2 aromatic rings. The molecule has 0 saturated carbocycles. The van der Waals surface area contributed by atoms with Gasteiger partial charge in [-0.2, -0.15) is 0 Å². The fourth-order valence-corrected chi connectivity index (χ4v) is 2.47. The molecule has 0 radical (unpaired) electrons. The third-order valence-electron chi connectivity index (χ3n) is 3.39. The standard InChI is InChI=1S/C16H18ClNO2/c1-10-9-15(16(19)11(2)17)12(3)18(10)13-5-7-14(20-4)8-6-13/h5-9,11H,1-4H3. The summed E-state index contributed by atoms with van der Waals surface area (Å²) in [6.45, 7) is 5.61. The largest absolute Gasteiger partial charge is 0.497 e. The first-order valence-electron chi connectivity index (χ1n) is 6.47. The van der Waals surface area contributed by atoms with Crippen LogP contribution in [0.2, 0.25) is 0 Å². The minimum atomic E-state index is -0.514. The molecule has 0 N–H and O–H groups in total. The van der Waals surface area contributed by atoms with Crippen LogP contribution in [0.1, 0.15) is 28.7 Å². The number of ether oxygens (including phenoxy) is 1. The van der Waals surface area contributed by atoms with Crippen LogP contribution in [0.3, 0.4) is 0 Å². The third-order valence-corrected chi connectivity index (χ3v) is 3.59.